The molecule has 1 atom stereocenters. The van der Waals surface area contributed by atoms with Gasteiger partial charge in [-0.3, -0.25) is 5.10 Å². The topological polar surface area (TPSA) is 58.5 Å². The molecule has 3 heterocycles. The van der Waals surface area contributed by atoms with Crippen molar-refractivity contribution in [3.8, 4) is 0 Å². The number of nitrogens with zero attached hydrogens (tertiary/aromatic N) is 3. The van der Waals surface area contributed by atoms with Gasteiger partial charge >= 0.3 is 0 Å². The third-order valence-corrected chi connectivity index (χ3v) is 3.87. The van der Waals surface area contributed by atoms with E-state index in [0.717, 1.165) is 13.1 Å². The van der Waals surface area contributed by atoms with Crippen molar-refractivity contribution < 1.29 is 0 Å². The van der Waals surface area contributed by atoms with E-state index in [1.165, 1.54) is 24.1 Å². The second kappa shape index (κ2) is 4.94. The maximum absolute atomic E-state index is 4.34. The van der Waals surface area contributed by atoms with Gasteiger partial charge in [0.2, 0.25) is 0 Å². The molecule has 1 fully saturated rings. The number of piperidine rings is 1. The molecular formula is C13H19N5. The lowest BCUT2D eigenvalue weighted by Crippen LogP contribution is -2.28. The van der Waals surface area contributed by atoms with Crippen molar-refractivity contribution in [3.05, 3.63) is 36.2 Å². The lowest BCUT2D eigenvalue weighted by atomic mass is 9.94. The normalized spacial score (nSPS) is 18.9. The van der Waals surface area contributed by atoms with Crippen molar-refractivity contribution in [2.45, 2.75) is 31.7 Å². The fraction of sp³-hybridized carbons (Fsp3) is 0.538. The SMILES string of the molecule is CC(c1cn[nH]c1)n1cncc1C1CCNCC1. The van der Waals surface area contributed by atoms with Gasteiger partial charge in [0.15, 0.2) is 0 Å². The summed E-state index contributed by atoms with van der Waals surface area (Å²) in [5.74, 6) is 0.628. The predicted octanol–water partition coefficient (Wildman–Crippen LogP) is 1.68. The van der Waals surface area contributed by atoms with Gasteiger partial charge in [-0.05, 0) is 32.9 Å². The second-order valence-corrected chi connectivity index (χ2v) is 4.96. The van der Waals surface area contributed by atoms with Gasteiger partial charge in [-0.2, -0.15) is 5.10 Å². The summed E-state index contributed by atoms with van der Waals surface area (Å²) in [5.41, 5.74) is 2.55. The lowest BCUT2D eigenvalue weighted by Gasteiger charge is -2.25. The molecular weight excluding hydrogens is 226 g/mol. The Kier molecular flexibility index (Phi) is 3.15. The number of nitrogens with one attached hydrogen (secondary N) is 2. The molecule has 5 heteroatoms. The Balaban J connectivity index is 1.86. The molecule has 0 amide bonds. The van der Waals surface area contributed by atoms with E-state index in [1.54, 1.807) is 0 Å². The summed E-state index contributed by atoms with van der Waals surface area (Å²) in [6.07, 6.45) is 10.2. The molecule has 3 rings (SSSR count). The van der Waals surface area contributed by atoms with E-state index < -0.39 is 0 Å². The first kappa shape index (κ1) is 11.5. The van der Waals surface area contributed by atoms with Crippen LogP contribution in [-0.2, 0) is 0 Å². The first-order chi connectivity index (χ1) is 8.86. The molecule has 1 saturated heterocycles. The Bertz CT molecular complexity index is 481. The molecule has 18 heavy (non-hydrogen) atoms. The predicted molar refractivity (Wildman–Crippen MR) is 69.5 cm³/mol. The Hall–Kier alpha value is -1.62. The van der Waals surface area contributed by atoms with E-state index in [-0.39, 0.29) is 6.04 Å². The van der Waals surface area contributed by atoms with E-state index in [2.05, 4.69) is 32.0 Å². The van der Waals surface area contributed by atoms with Crippen LogP contribution in [0.25, 0.3) is 0 Å². The van der Waals surface area contributed by atoms with E-state index in [0.29, 0.717) is 5.92 Å². The molecule has 0 bridgehead atoms. The van der Waals surface area contributed by atoms with Gasteiger partial charge in [-0.15, -0.1) is 0 Å². The Morgan fingerprint density at radius 3 is 2.89 bits per heavy atom. The Morgan fingerprint density at radius 2 is 2.17 bits per heavy atom. The van der Waals surface area contributed by atoms with Crippen LogP contribution in [0.1, 0.15) is 43.0 Å². The minimum absolute atomic E-state index is 0.288. The molecule has 2 aromatic rings. The van der Waals surface area contributed by atoms with Gasteiger partial charge in [0.1, 0.15) is 0 Å². The lowest BCUT2D eigenvalue weighted by molar-refractivity contribution is 0.433. The fourth-order valence-corrected chi connectivity index (χ4v) is 2.72. The zero-order valence-corrected chi connectivity index (χ0v) is 10.6. The summed E-state index contributed by atoms with van der Waals surface area (Å²) in [7, 11) is 0. The zero-order valence-electron chi connectivity index (χ0n) is 10.6. The van der Waals surface area contributed by atoms with Crippen molar-refractivity contribution in [3.63, 3.8) is 0 Å². The molecule has 1 aliphatic rings. The molecule has 0 saturated carbocycles. The van der Waals surface area contributed by atoms with E-state index in [4.69, 9.17) is 0 Å². The first-order valence-electron chi connectivity index (χ1n) is 6.57. The van der Waals surface area contributed by atoms with Gasteiger partial charge in [-0.1, -0.05) is 0 Å². The van der Waals surface area contributed by atoms with Crippen LogP contribution in [0.3, 0.4) is 0 Å². The number of aromatic amines is 1. The van der Waals surface area contributed by atoms with Gasteiger partial charge in [0.05, 0.1) is 18.6 Å². The highest BCUT2D eigenvalue weighted by Gasteiger charge is 2.21. The third-order valence-electron chi connectivity index (χ3n) is 3.87. The van der Waals surface area contributed by atoms with Gasteiger partial charge in [0, 0.05) is 29.6 Å². The van der Waals surface area contributed by atoms with E-state index >= 15 is 0 Å². The molecule has 2 aromatic heterocycles. The molecule has 0 aromatic carbocycles. The third kappa shape index (κ3) is 2.06. The summed E-state index contributed by atoms with van der Waals surface area (Å²) in [5, 5.41) is 10.3. The summed E-state index contributed by atoms with van der Waals surface area (Å²) in [4.78, 5) is 4.34. The highest BCUT2D eigenvalue weighted by Crippen LogP contribution is 2.28. The maximum atomic E-state index is 4.34. The van der Waals surface area contributed by atoms with Crippen LogP contribution < -0.4 is 5.32 Å². The highest BCUT2D eigenvalue weighted by molar-refractivity contribution is 5.16. The Morgan fingerprint density at radius 1 is 1.33 bits per heavy atom. The average Bonchev–Trinajstić information content (AvgIpc) is 3.10. The molecule has 96 valence electrons. The number of H-pyrrole nitrogens is 1. The van der Waals surface area contributed by atoms with Crippen LogP contribution in [0.15, 0.2) is 24.9 Å². The van der Waals surface area contributed by atoms with Crippen LogP contribution in [0.5, 0.6) is 0 Å². The molecule has 0 spiro atoms. The first-order valence-corrected chi connectivity index (χ1v) is 6.57. The molecule has 5 nitrogen and oxygen atoms in total. The number of hydrogen-bond donors (Lipinski definition) is 2. The monoisotopic (exact) mass is 245 g/mol. The van der Waals surface area contributed by atoms with Crippen molar-refractivity contribution in [1.82, 2.24) is 25.1 Å². The second-order valence-electron chi connectivity index (χ2n) is 4.96. The van der Waals surface area contributed by atoms with Crippen LogP contribution in [0.2, 0.25) is 0 Å². The minimum Gasteiger partial charge on any atom is -0.327 e. The van der Waals surface area contributed by atoms with Crippen molar-refractivity contribution >= 4 is 0 Å². The zero-order chi connectivity index (χ0) is 12.4. The maximum Gasteiger partial charge on any atom is 0.0953 e. The van der Waals surface area contributed by atoms with E-state index in [1.807, 2.05) is 24.9 Å². The van der Waals surface area contributed by atoms with Crippen LogP contribution in [0, 0.1) is 0 Å². The molecule has 1 unspecified atom stereocenters. The quantitative estimate of drug-likeness (QED) is 0.865. The summed E-state index contributed by atoms with van der Waals surface area (Å²) in [6.45, 7) is 4.41. The number of aromatic nitrogens is 4. The minimum atomic E-state index is 0.288. The summed E-state index contributed by atoms with van der Waals surface area (Å²) < 4.78 is 2.28. The number of hydrogen-bond acceptors (Lipinski definition) is 3. The average molecular weight is 245 g/mol. The van der Waals surface area contributed by atoms with E-state index in [9.17, 15) is 0 Å². The molecule has 0 aliphatic carbocycles. The molecule has 2 N–H and O–H groups in total. The van der Waals surface area contributed by atoms with Gasteiger partial charge in [0.25, 0.3) is 0 Å². The van der Waals surface area contributed by atoms with Gasteiger partial charge in [-0.25, -0.2) is 4.98 Å². The number of imidazole rings is 1. The standard InChI is InChI=1S/C13H19N5/c1-10(12-6-16-17-7-12)18-9-15-8-13(18)11-2-4-14-5-3-11/h6-11,14H,2-5H2,1H3,(H,16,17). The largest absolute Gasteiger partial charge is 0.327 e. The highest BCUT2D eigenvalue weighted by atomic mass is 15.1. The molecule has 1 aliphatic heterocycles. The van der Waals surface area contributed by atoms with Crippen molar-refractivity contribution in [2.24, 2.45) is 0 Å². The summed E-state index contributed by atoms with van der Waals surface area (Å²) in [6, 6.07) is 0.288. The fourth-order valence-electron chi connectivity index (χ4n) is 2.72. The smallest absolute Gasteiger partial charge is 0.0953 e. The van der Waals surface area contributed by atoms with Crippen LogP contribution >= 0.6 is 0 Å². The Labute approximate surface area is 107 Å². The van der Waals surface area contributed by atoms with Crippen molar-refractivity contribution in [2.75, 3.05) is 13.1 Å². The van der Waals surface area contributed by atoms with Gasteiger partial charge < -0.3 is 9.88 Å². The molecule has 0 radical (unpaired) electrons. The summed E-state index contributed by atoms with van der Waals surface area (Å²) >= 11 is 0. The van der Waals surface area contributed by atoms with Crippen molar-refractivity contribution in [1.29, 1.82) is 0 Å². The van der Waals surface area contributed by atoms with Crippen LogP contribution in [-0.4, -0.2) is 32.8 Å². The van der Waals surface area contributed by atoms with Crippen LogP contribution in [0.4, 0.5) is 0 Å². The number of rotatable bonds is 3.